The maximum absolute atomic E-state index is 13.6. The lowest BCUT2D eigenvalue weighted by atomic mass is 9.80. The fraction of sp³-hybridized carbons (Fsp3) is 0.294. The Bertz CT molecular complexity index is 1680. The maximum atomic E-state index is 13.6. The molecule has 1 N–H and O–H groups in total. The molecule has 0 unspecified atom stereocenters. The maximum Gasteiger partial charge on any atom is 0.146 e. The first-order valence-corrected chi connectivity index (χ1v) is 15.5. The van der Waals surface area contributed by atoms with Crippen molar-refractivity contribution in [3.63, 3.8) is 0 Å². The molecule has 41 heavy (non-hydrogen) atoms. The number of fused-ring (bicyclic) bond motifs is 3. The molecule has 0 amide bonds. The van der Waals surface area contributed by atoms with Gasteiger partial charge in [-0.05, 0) is 73.9 Å². The van der Waals surface area contributed by atoms with E-state index in [0.717, 1.165) is 88.3 Å². The number of aromatic nitrogens is 3. The minimum Gasteiger partial charge on any atom is -0.376 e. The molecule has 0 saturated carbocycles. The van der Waals surface area contributed by atoms with E-state index in [-0.39, 0.29) is 0 Å². The summed E-state index contributed by atoms with van der Waals surface area (Å²) in [4.78, 5) is 0. The molecule has 7 heteroatoms. The molecule has 6 aromatic rings. The van der Waals surface area contributed by atoms with Gasteiger partial charge in [0.2, 0.25) is 0 Å². The van der Waals surface area contributed by atoms with Gasteiger partial charge in [-0.1, -0.05) is 55.6 Å². The molecule has 3 aromatic heterocycles. The zero-order chi connectivity index (χ0) is 28.9. The van der Waals surface area contributed by atoms with Crippen LogP contribution < -0.4 is 0 Å². The molecular weight excluding hydrogens is 573 g/mol. The molecule has 0 aliphatic rings. The first-order chi connectivity index (χ1) is 19.8. The molecule has 3 aromatic carbocycles. The minimum atomic E-state index is -1.54. The van der Waals surface area contributed by atoms with Crippen LogP contribution in [0.15, 0.2) is 73.2 Å². The average molecular weight is 607 g/mol. The summed E-state index contributed by atoms with van der Waals surface area (Å²) in [6, 6.07) is 17.8. The summed E-state index contributed by atoms with van der Waals surface area (Å²) in [5.74, 6) is 0. The summed E-state index contributed by atoms with van der Waals surface area (Å²) >= 11 is 19.8. The van der Waals surface area contributed by atoms with E-state index in [2.05, 4.69) is 53.1 Å². The van der Waals surface area contributed by atoms with Gasteiger partial charge in [-0.25, -0.2) is 0 Å². The largest absolute Gasteiger partial charge is 0.376 e. The highest BCUT2D eigenvalue weighted by Crippen LogP contribution is 2.48. The van der Waals surface area contributed by atoms with Crippen LogP contribution in [0.1, 0.15) is 56.7 Å². The van der Waals surface area contributed by atoms with Gasteiger partial charge in [0.25, 0.3) is 0 Å². The van der Waals surface area contributed by atoms with Crippen molar-refractivity contribution >= 4 is 67.5 Å². The molecule has 6 rings (SSSR count). The summed E-state index contributed by atoms with van der Waals surface area (Å²) in [5.41, 5.74) is 3.94. The second-order valence-corrected chi connectivity index (χ2v) is 12.2. The van der Waals surface area contributed by atoms with Gasteiger partial charge in [-0.2, -0.15) is 0 Å². The smallest absolute Gasteiger partial charge is 0.146 e. The monoisotopic (exact) mass is 605 g/mol. The van der Waals surface area contributed by atoms with E-state index in [1.807, 2.05) is 54.6 Å². The van der Waals surface area contributed by atoms with Crippen molar-refractivity contribution in [3.05, 3.63) is 105 Å². The van der Waals surface area contributed by atoms with Crippen LogP contribution in [0.2, 0.25) is 15.1 Å². The van der Waals surface area contributed by atoms with Gasteiger partial charge in [-0.15, -0.1) is 0 Å². The average Bonchev–Trinajstić information content (AvgIpc) is 3.61. The first-order valence-electron chi connectivity index (χ1n) is 14.4. The number of hydrogen-bond donors (Lipinski definition) is 1. The summed E-state index contributed by atoms with van der Waals surface area (Å²) in [7, 11) is 0. The highest BCUT2D eigenvalue weighted by Gasteiger charge is 2.41. The van der Waals surface area contributed by atoms with Crippen molar-refractivity contribution in [1.82, 2.24) is 13.7 Å². The van der Waals surface area contributed by atoms with Crippen molar-refractivity contribution < 1.29 is 5.11 Å². The van der Waals surface area contributed by atoms with E-state index in [0.29, 0.717) is 15.1 Å². The summed E-state index contributed by atoms with van der Waals surface area (Å²) in [6.45, 7) is 8.94. The van der Waals surface area contributed by atoms with Crippen LogP contribution in [0.3, 0.4) is 0 Å². The summed E-state index contributed by atoms with van der Waals surface area (Å²) in [6.07, 6.45) is 9.19. The minimum absolute atomic E-state index is 0.628. The fourth-order valence-corrected chi connectivity index (χ4v) is 6.90. The Morgan fingerprint density at radius 3 is 1.10 bits per heavy atom. The third-order valence-electron chi connectivity index (χ3n) is 8.09. The van der Waals surface area contributed by atoms with Crippen molar-refractivity contribution in [2.75, 3.05) is 0 Å². The zero-order valence-corrected chi connectivity index (χ0v) is 25.9. The van der Waals surface area contributed by atoms with Gasteiger partial charge in [0.1, 0.15) is 5.60 Å². The third-order valence-corrected chi connectivity index (χ3v) is 8.80. The van der Waals surface area contributed by atoms with E-state index in [9.17, 15) is 5.11 Å². The van der Waals surface area contributed by atoms with Gasteiger partial charge < -0.3 is 18.8 Å². The van der Waals surface area contributed by atoms with E-state index in [1.54, 1.807) is 0 Å². The van der Waals surface area contributed by atoms with Crippen molar-refractivity contribution in [3.8, 4) is 0 Å². The number of hydrogen-bond acceptors (Lipinski definition) is 1. The third kappa shape index (κ3) is 4.66. The molecule has 0 fully saturated rings. The molecule has 0 atom stereocenters. The molecule has 3 heterocycles. The van der Waals surface area contributed by atoms with Crippen LogP contribution in [0, 0.1) is 0 Å². The van der Waals surface area contributed by atoms with Gasteiger partial charge >= 0.3 is 0 Å². The fourth-order valence-electron chi connectivity index (χ4n) is 6.39. The molecule has 4 nitrogen and oxygen atoms in total. The molecule has 212 valence electrons. The Hall–Kier alpha value is -2.89. The second kappa shape index (κ2) is 11.1. The Labute approximate surface area is 255 Å². The Morgan fingerprint density at radius 2 is 0.829 bits per heavy atom. The standard InChI is InChI=1S/C34H34Cl3N3O/c1-4-13-38-19-28(25-16-22(35)7-10-31(25)38)34(41,29-20-39(14-5-2)32-11-8-23(36)17-26(29)32)30-21-40(15-6-3)33-12-9-24(37)18-27(30)33/h7-12,16-21,41H,4-6,13-15H2,1-3H3. The second-order valence-electron chi connectivity index (χ2n) is 10.9. The Morgan fingerprint density at radius 1 is 0.537 bits per heavy atom. The first kappa shape index (κ1) is 28.2. The molecular formula is C34H34Cl3N3O. The highest BCUT2D eigenvalue weighted by molar-refractivity contribution is 6.32. The quantitative estimate of drug-likeness (QED) is 0.175. The lowest BCUT2D eigenvalue weighted by Gasteiger charge is -2.28. The number of nitrogens with zero attached hydrogens (tertiary/aromatic N) is 3. The Kier molecular flexibility index (Phi) is 7.63. The van der Waals surface area contributed by atoms with Gasteiger partial charge in [0.15, 0.2) is 0 Å². The van der Waals surface area contributed by atoms with E-state index >= 15 is 0 Å². The SMILES string of the molecule is CCCn1cc(C(O)(c2cn(CCC)c3ccc(Cl)cc23)c2cn(CCC)c3ccc(Cl)cc23)c2cc(Cl)ccc21. The molecule has 0 aliphatic carbocycles. The van der Waals surface area contributed by atoms with Gasteiger partial charge in [-0.3, -0.25) is 0 Å². The van der Waals surface area contributed by atoms with Crippen molar-refractivity contribution in [2.45, 2.75) is 65.3 Å². The topological polar surface area (TPSA) is 35.0 Å². The molecule has 0 bridgehead atoms. The van der Waals surface area contributed by atoms with Crippen molar-refractivity contribution in [2.24, 2.45) is 0 Å². The lowest BCUT2D eigenvalue weighted by molar-refractivity contribution is 0.130. The Balaban J connectivity index is 1.79. The zero-order valence-electron chi connectivity index (χ0n) is 23.6. The number of aryl methyl sites for hydroxylation is 3. The molecule has 0 spiro atoms. The van der Waals surface area contributed by atoms with E-state index < -0.39 is 5.60 Å². The van der Waals surface area contributed by atoms with Crippen LogP contribution in [0.4, 0.5) is 0 Å². The number of halogens is 3. The van der Waals surface area contributed by atoms with E-state index in [4.69, 9.17) is 34.8 Å². The van der Waals surface area contributed by atoms with Gasteiger partial charge in [0.05, 0.1) is 0 Å². The summed E-state index contributed by atoms with van der Waals surface area (Å²) < 4.78 is 6.67. The van der Waals surface area contributed by atoms with Crippen LogP contribution in [-0.2, 0) is 25.2 Å². The number of rotatable bonds is 9. The van der Waals surface area contributed by atoms with Crippen LogP contribution >= 0.6 is 34.8 Å². The highest BCUT2D eigenvalue weighted by atomic mass is 35.5. The van der Waals surface area contributed by atoms with E-state index in [1.165, 1.54) is 0 Å². The van der Waals surface area contributed by atoms with Crippen LogP contribution in [-0.4, -0.2) is 18.8 Å². The predicted octanol–water partition coefficient (Wildman–Crippen LogP) is 10.0. The normalized spacial score (nSPS) is 12.4. The van der Waals surface area contributed by atoms with Crippen LogP contribution in [0.25, 0.3) is 32.7 Å². The van der Waals surface area contributed by atoms with Crippen LogP contribution in [0.5, 0.6) is 0 Å². The molecule has 0 aliphatic heterocycles. The van der Waals surface area contributed by atoms with Crippen molar-refractivity contribution in [1.29, 1.82) is 0 Å². The lowest BCUT2D eigenvalue weighted by Crippen LogP contribution is -2.28. The van der Waals surface area contributed by atoms with Gasteiger partial charge in [0, 0.05) is 103 Å². The number of aliphatic hydroxyl groups is 1. The molecule has 0 radical (unpaired) electrons. The number of benzene rings is 3. The molecule has 0 saturated heterocycles. The predicted molar refractivity (Wildman–Crippen MR) is 174 cm³/mol. The summed E-state index contributed by atoms with van der Waals surface area (Å²) in [5, 5.41) is 18.2.